The maximum atomic E-state index is 4.81. The van der Waals surface area contributed by atoms with Crippen molar-refractivity contribution >= 4 is 17.3 Å². The molecule has 0 amide bonds. The van der Waals surface area contributed by atoms with Gasteiger partial charge in [-0.15, -0.1) is 11.3 Å². The molecule has 0 atom stereocenters. The van der Waals surface area contributed by atoms with Crippen LogP contribution in [-0.4, -0.2) is 36.0 Å². The molecule has 3 nitrogen and oxygen atoms in total. The van der Waals surface area contributed by atoms with Gasteiger partial charge in [0.15, 0.2) is 5.96 Å². The number of thiophene rings is 1. The molecule has 0 spiro atoms. The smallest absolute Gasteiger partial charge is 0.194 e. The van der Waals surface area contributed by atoms with E-state index in [2.05, 4.69) is 62.3 Å². The Kier molecular flexibility index (Phi) is 4.43. The van der Waals surface area contributed by atoms with Crippen molar-refractivity contribution in [3.05, 3.63) is 22.4 Å². The van der Waals surface area contributed by atoms with Gasteiger partial charge in [-0.3, -0.25) is 4.99 Å². The molecule has 0 aliphatic carbocycles. The van der Waals surface area contributed by atoms with Crippen LogP contribution in [0, 0.1) is 5.41 Å². The summed E-state index contributed by atoms with van der Waals surface area (Å²) < 4.78 is 0. The summed E-state index contributed by atoms with van der Waals surface area (Å²) in [6.45, 7) is 14.3. The lowest BCUT2D eigenvalue weighted by atomic mass is 9.65. The van der Waals surface area contributed by atoms with Gasteiger partial charge in [0.1, 0.15) is 0 Å². The van der Waals surface area contributed by atoms with E-state index in [0.29, 0.717) is 5.41 Å². The minimum Gasteiger partial charge on any atom is -0.356 e. The molecule has 0 radical (unpaired) electrons. The van der Waals surface area contributed by atoms with Crippen molar-refractivity contribution < 1.29 is 0 Å². The molecule has 0 bridgehead atoms. The maximum absolute atomic E-state index is 4.81. The molecule has 0 saturated carbocycles. The van der Waals surface area contributed by atoms with E-state index in [1.54, 1.807) is 0 Å². The number of likely N-dealkylation sites (tertiary alicyclic amines) is 1. The van der Waals surface area contributed by atoms with Crippen molar-refractivity contribution in [3.8, 4) is 0 Å². The van der Waals surface area contributed by atoms with Gasteiger partial charge < -0.3 is 10.2 Å². The second-order valence-corrected chi connectivity index (χ2v) is 7.63. The summed E-state index contributed by atoms with van der Waals surface area (Å²) in [5.74, 6) is 1.06. The zero-order valence-electron chi connectivity index (χ0n) is 13.4. The van der Waals surface area contributed by atoms with Crippen LogP contribution in [0.2, 0.25) is 0 Å². The van der Waals surface area contributed by atoms with Gasteiger partial charge in [-0.1, -0.05) is 19.9 Å². The monoisotopic (exact) mass is 293 g/mol. The average molecular weight is 293 g/mol. The predicted molar refractivity (Wildman–Crippen MR) is 88.6 cm³/mol. The van der Waals surface area contributed by atoms with Crippen LogP contribution in [0.25, 0.3) is 0 Å². The van der Waals surface area contributed by atoms with Crippen LogP contribution in [0.5, 0.6) is 0 Å². The third kappa shape index (κ3) is 2.85. The zero-order chi connectivity index (χ0) is 14.8. The van der Waals surface area contributed by atoms with Gasteiger partial charge in [0.05, 0.1) is 0 Å². The molecule has 2 rings (SSSR count). The van der Waals surface area contributed by atoms with E-state index in [1.807, 2.05) is 11.3 Å². The number of guanidine groups is 1. The Morgan fingerprint density at radius 3 is 2.65 bits per heavy atom. The zero-order valence-corrected chi connectivity index (χ0v) is 14.2. The second kappa shape index (κ2) is 5.76. The van der Waals surface area contributed by atoms with Crippen LogP contribution in [0.1, 0.15) is 39.5 Å². The highest BCUT2D eigenvalue weighted by atomic mass is 32.1. The molecular formula is C16H27N3S. The fourth-order valence-corrected chi connectivity index (χ4v) is 3.22. The molecule has 1 N–H and O–H groups in total. The summed E-state index contributed by atoms with van der Waals surface area (Å²) in [4.78, 5) is 8.63. The normalized spacial score (nSPS) is 20.6. The van der Waals surface area contributed by atoms with Crippen molar-refractivity contribution in [1.82, 2.24) is 10.2 Å². The molecule has 1 saturated heterocycles. The van der Waals surface area contributed by atoms with Crippen molar-refractivity contribution in [3.63, 3.8) is 0 Å². The Morgan fingerprint density at radius 2 is 2.15 bits per heavy atom. The van der Waals surface area contributed by atoms with Crippen LogP contribution in [0.3, 0.4) is 0 Å². The first-order chi connectivity index (χ1) is 9.38. The van der Waals surface area contributed by atoms with Crippen LogP contribution in [0.4, 0.5) is 0 Å². The Bertz CT molecular complexity index is 460. The topological polar surface area (TPSA) is 27.6 Å². The highest BCUT2D eigenvalue weighted by Crippen LogP contribution is 2.46. The molecule has 2 heterocycles. The van der Waals surface area contributed by atoms with E-state index >= 15 is 0 Å². The van der Waals surface area contributed by atoms with E-state index in [0.717, 1.165) is 32.0 Å². The summed E-state index contributed by atoms with van der Waals surface area (Å²) in [7, 11) is 0. The Labute approximate surface area is 127 Å². The molecule has 112 valence electrons. The van der Waals surface area contributed by atoms with Gasteiger partial charge in [-0.2, -0.15) is 0 Å². The van der Waals surface area contributed by atoms with Gasteiger partial charge in [0.25, 0.3) is 0 Å². The number of nitrogens with zero attached hydrogens (tertiary/aromatic N) is 2. The number of hydrogen-bond acceptors (Lipinski definition) is 2. The quantitative estimate of drug-likeness (QED) is 0.681. The summed E-state index contributed by atoms with van der Waals surface area (Å²) in [5, 5.41) is 5.57. The predicted octanol–water partition coefficient (Wildman–Crippen LogP) is 3.38. The standard InChI is InChI=1S/C16H27N3S/c1-6-17-14(18-10-9-13-8-7-11-20-13)19-12-15(2,3)16(19,4)5/h7-8,11H,6,9-10,12H2,1-5H3,(H,17,18). The van der Waals surface area contributed by atoms with Crippen molar-refractivity contribution in [2.75, 3.05) is 19.6 Å². The average Bonchev–Trinajstić information content (AvgIpc) is 2.88. The van der Waals surface area contributed by atoms with E-state index < -0.39 is 0 Å². The molecule has 1 fully saturated rings. The van der Waals surface area contributed by atoms with Gasteiger partial charge in [-0.25, -0.2) is 0 Å². The number of aliphatic imine (C=N–C) groups is 1. The van der Waals surface area contributed by atoms with E-state index in [-0.39, 0.29) is 5.54 Å². The molecule has 4 heteroatoms. The summed E-state index contributed by atoms with van der Waals surface area (Å²) in [6.07, 6.45) is 1.03. The lowest BCUT2D eigenvalue weighted by Crippen LogP contribution is -2.72. The number of nitrogens with one attached hydrogen (secondary N) is 1. The highest BCUT2D eigenvalue weighted by molar-refractivity contribution is 7.09. The van der Waals surface area contributed by atoms with Crippen molar-refractivity contribution in [2.24, 2.45) is 10.4 Å². The van der Waals surface area contributed by atoms with Crippen LogP contribution < -0.4 is 5.32 Å². The highest BCUT2D eigenvalue weighted by Gasteiger charge is 2.53. The largest absolute Gasteiger partial charge is 0.356 e. The van der Waals surface area contributed by atoms with Gasteiger partial charge >= 0.3 is 0 Å². The first-order valence-electron chi connectivity index (χ1n) is 7.47. The Hall–Kier alpha value is -1.03. The third-order valence-electron chi connectivity index (χ3n) is 4.67. The lowest BCUT2D eigenvalue weighted by molar-refractivity contribution is -0.0667. The summed E-state index contributed by atoms with van der Waals surface area (Å²) >= 11 is 1.81. The van der Waals surface area contributed by atoms with E-state index in [4.69, 9.17) is 4.99 Å². The first-order valence-corrected chi connectivity index (χ1v) is 8.35. The molecule has 0 aromatic carbocycles. The molecule has 1 aliphatic rings. The SMILES string of the molecule is CCNC(=NCCc1cccs1)N1CC(C)(C)C1(C)C. The molecule has 1 aromatic heterocycles. The van der Waals surface area contributed by atoms with Gasteiger partial charge in [0, 0.05) is 41.9 Å². The Balaban J connectivity index is 2.00. The Morgan fingerprint density at radius 1 is 1.40 bits per heavy atom. The fraction of sp³-hybridized carbons (Fsp3) is 0.688. The molecular weight excluding hydrogens is 266 g/mol. The first kappa shape index (κ1) is 15.4. The summed E-state index contributed by atoms with van der Waals surface area (Å²) in [5.41, 5.74) is 0.508. The molecule has 20 heavy (non-hydrogen) atoms. The minimum atomic E-state index is 0.164. The van der Waals surface area contributed by atoms with Crippen LogP contribution >= 0.6 is 11.3 Å². The van der Waals surface area contributed by atoms with Crippen molar-refractivity contribution in [2.45, 2.75) is 46.6 Å². The maximum Gasteiger partial charge on any atom is 0.194 e. The second-order valence-electron chi connectivity index (χ2n) is 6.59. The lowest BCUT2D eigenvalue weighted by Gasteiger charge is -2.62. The molecule has 1 aliphatic heterocycles. The summed E-state index contributed by atoms with van der Waals surface area (Å²) in [6, 6.07) is 4.29. The fourth-order valence-electron chi connectivity index (χ4n) is 2.52. The van der Waals surface area contributed by atoms with Crippen LogP contribution in [-0.2, 0) is 6.42 Å². The van der Waals surface area contributed by atoms with Crippen LogP contribution in [0.15, 0.2) is 22.5 Å². The van der Waals surface area contributed by atoms with Gasteiger partial charge in [0.2, 0.25) is 0 Å². The van der Waals surface area contributed by atoms with Gasteiger partial charge in [-0.05, 0) is 32.2 Å². The van der Waals surface area contributed by atoms with E-state index in [9.17, 15) is 0 Å². The number of hydrogen-bond donors (Lipinski definition) is 1. The third-order valence-corrected chi connectivity index (χ3v) is 5.61. The minimum absolute atomic E-state index is 0.164. The van der Waals surface area contributed by atoms with E-state index in [1.165, 1.54) is 4.88 Å². The molecule has 1 aromatic rings. The molecule has 0 unspecified atom stereocenters. The number of rotatable bonds is 4. The van der Waals surface area contributed by atoms with Crippen molar-refractivity contribution in [1.29, 1.82) is 0 Å².